The molecule has 1 aliphatic heterocycles. The zero-order valence-corrected chi connectivity index (χ0v) is 18.0. The molecule has 5 rings (SSSR count). The number of aliphatic hydroxyl groups excluding tert-OH is 1. The second kappa shape index (κ2) is 9.12. The summed E-state index contributed by atoms with van der Waals surface area (Å²) in [7, 11) is 0. The number of fused-ring (bicyclic) bond motifs is 1. The molecule has 2 N–H and O–H groups in total. The van der Waals surface area contributed by atoms with Crippen molar-refractivity contribution in [2.24, 2.45) is 0 Å². The summed E-state index contributed by atoms with van der Waals surface area (Å²) in [5, 5.41) is 20.8. The number of anilines is 1. The van der Waals surface area contributed by atoms with Crippen molar-refractivity contribution in [2.75, 3.05) is 11.4 Å². The van der Waals surface area contributed by atoms with Crippen molar-refractivity contribution in [1.82, 2.24) is 20.3 Å². The van der Waals surface area contributed by atoms with E-state index in [9.17, 15) is 18.7 Å². The Morgan fingerprint density at radius 2 is 1.82 bits per heavy atom. The highest BCUT2D eigenvalue weighted by Gasteiger charge is 2.20. The molecule has 1 amide bonds. The zero-order valence-electron chi connectivity index (χ0n) is 18.0. The lowest BCUT2D eigenvalue weighted by Gasteiger charge is -2.23. The monoisotopic (exact) mass is 461 g/mol. The number of carbonyl (C=O) groups is 1. The zero-order chi connectivity index (χ0) is 23.7. The maximum atomic E-state index is 13.8. The Bertz CT molecular complexity index is 1360. The van der Waals surface area contributed by atoms with Gasteiger partial charge in [-0.2, -0.15) is 0 Å². The highest BCUT2D eigenvalue weighted by Crippen LogP contribution is 2.25. The molecule has 0 saturated heterocycles. The van der Waals surface area contributed by atoms with Crippen LogP contribution in [0.3, 0.4) is 0 Å². The van der Waals surface area contributed by atoms with E-state index in [1.165, 1.54) is 21.7 Å². The molecule has 172 valence electrons. The molecule has 3 aromatic carbocycles. The van der Waals surface area contributed by atoms with Crippen molar-refractivity contribution in [3.8, 4) is 0 Å². The number of para-hydroxylation sites is 1. The van der Waals surface area contributed by atoms with Crippen molar-refractivity contribution in [1.29, 1.82) is 0 Å². The molecular formula is C25H21F2N5O2. The van der Waals surface area contributed by atoms with Crippen LogP contribution >= 0.6 is 0 Å². The van der Waals surface area contributed by atoms with Gasteiger partial charge in [0.2, 0.25) is 5.91 Å². The molecule has 4 aromatic rings. The van der Waals surface area contributed by atoms with Crippen molar-refractivity contribution in [2.45, 2.75) is 19.3 Å². The molecule has 0 spiro atoms. The number of nitrogens with one attached hydrogen (secondary N) is 1. The number of rotatable bonds is 6. The molecule has 1 aromatic heterocycles. The van der Waals surface area contributed by atoms with E-state index in [0.717, 1.165) is 17.2 Å². The maximum Gasteiger partial charge on any atom is 0.249 e. The summed E-state index contributed by atoms with van der Waals surface area (Å²) in [4.78, 5) is 14.9. The third-order valence-electron chi connectivity index (χ3n) is 5.68. The number of carbonyl (C=O) groups excluding carboxylic acids is 1. The van der Waals surface area contributed by atoms with Gasteiger partial charge in [0.25, 0.3) is 0 Å². The number of aliphatic hydroxyl groups is 1. The predicted octanol–water partition coefficient (Wildman–Crippen LogP) is 3.25. The van der Waals surface area contributed by atoms with E-state index in [1.54, 1.807) is 24.3 Å². The summed E-state index contributed by atoms with van der Waals surface area (Å²) >= 11 is 0. The molecule has 1 aliphatic rings. The van der Waals surface area contributed by atoms with Gasteiger partial charge in [0, 0.05) is 18.3 Å². The number of hydrogen-bond acceptors (Lipinski definition) is 5. The SMILES string of the molecule is O=C(Cn1nnc2ccccc21)N(Cc1cc(F)cc(F)c1)c1ccc(C2=CC(O)NC2)cc1. The Morgan fingerprint density at radius 1 is 1.09 bits per heavy atom. The van der Waals surface area contributed by atoms with E-state index >= 15 is 0 Å². The van der Waals surface area contributed by atoms with Gasteiger partial charge in [0.05, 0.1) is 12.1 Å². The van der Waals surface area contributed by atoms with Gasteiger partial charge >= 0.3 is 0 Å². The van der Waals surface area contributed by atoms with Gasteiger partial charge in [-0.05, 0) is 59.2 Å². The van der Waals surface area contributed by atoms with E-state index in [-0.39, 0.29) is 19.0 Å². The number of aromatic nitrogens is 3. The van der Waals surface area contributed by atoms with Crippen LogP contribution in [0.15, 0.2) is 72.8 Å². The quantitative estimate of drug-likeness (QED) is 0.461. The Labute approximate surface area is 193 Å². The van der Waals surface area contributed by atoms with Crippen LogP contribution in [-0.2, 0) is 17.9 Å². The van der Waals surface area contributed by atoms with Gasteiger partial charge in [0.15, 0.2) is 0 Å². The largest absolute Gasteiger partial charge is 0.375 e. The summed E-state index contributed by atoms with van der Waals surface area (Å²) in [6.45, 7) is 0.412. The lowest BCUT2D eigenvalue weighted by atomic mass is 10.1. The molecule has 0 saturated carbocycles. The minimum absolute atomic E-state index is 0.0253. The lowest BCUT2D eigenvalue weighted by Crippen LogP contribution is -2.33. The van der Waals surface area contributed by atoms with Crippen molar-refractivity contribution in [3.05, 3.63) is 95.6 Å². The van der Waals surface area contributed by atoms with Crippen LogP contribution < -0.4 is 10.2 Å². The molecule has 1 unspecified atom stereocenters. The number of halogens is 2. The molecule has 1 atom stereocenters. The molecular weight excluding hydrogens is 440 g/mol. The maximum absolute atomic E-state index is 13.8. The molecule has 2 heterocycles. The van der Waals surface area contributed by atoms with Gasteiger partial charge in [0.1, 0.15) is 29.9 Å². The van der Waals surface area contributed by atoms with Crippen molar-refractivity contribution in [3.63, 3.8) is 0 Å². The van der Waals surface area contributed by atoms with E-state index < -0.39 is 17.9 Å². The van der Waals surface area contributed by atoms with E-state index in [4.69, 9.17) is 0 Å². The van der Waals surface area contributed by atoms with Gasteiger partial charge in [-0.15, -0.1) is 5.10 Å². The number of amides is 1. The summed E-state index contributed by atoms with van der Waals surface area (Å²) in [5.74, 6) is -1.73. The van der Waals surface area contributed by atoms with Gasteiger partial charge in [-0.3, -0.25) is 10.1 Å². The first-order chi connectivity index (χ1) is 16.5. The fourth-order valence-corrected chi connectivity index (χ4v) is 4.03. The summed E-state index contributed by atoms with van der Waals surface area (Å²) in [6, 6.07) is 17.7. The lowest BCUT2D eigenvalue weighted by molar-refractivity contribution is -0.119. The Hall–Kier alpha value is -3.95. The first-order valence-electron chi connectivity index (χ1n) is 10.7. The number of nitrogens with zero attached hydrogens (tertiary/aromatic N) is 4. The predicted molar refractivity (Wildman–Crippen MR) is 124 cm³/mol. The Kier molecular flexibility index (Phi) is 5.87. The van der Waals surface area contributed by atoms with E-state index in [0.29, 0.717) is 28.8 Å². The average Bonchev–Trinajstić information content (AvgIpc) is 3.43. The number of benzene rings is 3. The molecule has 0 fully saturated rings. The highest BCUT2D eigenvalue weighted by atomic mass is 19.1. The molecule has 34 heavy (non-hydrogen) atoms. The van der Waals surface area contributed by atoms with Gasteiger partial charge in [-0.1, -0.05) is 29.5 Å². The van der Waals surface area contributed by atoms with Crippen LogP contribution in [0.25, 0.3) is 16.6 Å². The van der Waals surface area contributed by atoms with Crippen LogP contribution in [0.2, 0.25) is 0 Å². The minimum Gasteiger partial charge on any atom is -0.375 e. The van der Waals surface area contributed by atoms with Gasteiger partial charge in [-0.25, -0.2) is 13.5 Å². The third-order valence-corrected chi connectivity index (χ3v) is 5.68. The van der Waals surface area contributed by atoms with Crippen molar-refractivity contribution < 1.29 is 18.7 Å². The van der Waals surface area contributed by atoms with Gasteiger partial charge < -0.3 is 10.0 Å². The summed E-state index contributed by atoms with van der Waals surface area (Å²) in [6.07, 6.45) is 1.04. The fourth-order valence-electron chi connectivity index (χ4n) is 4.03. The van der Waals surface area contributed by atoms with Crippen LogP contribution in [0.1, 0.15) is 11.1 Å². The number of hydrogen-bond donors (Lipinski definition) is 2. The van der Waals surface area contributed by atoms with Crippen LogP contribution in [-0.4, -0.2) is 38.8 Å². The second-order valence-electron chi connectivity index (χ2n) is 8.06. The standard InChI is InChI=1S/C25H21F2N5O2/c26-19-9-16(10-20(27)12-19)14-31(21-7-5-17(6-8-21)18-11-24(33)28-13-18)25(34)15-32-23-4-2-1-3-22(23)29-30-32/h1-12,24,28,33H,13-15H2. The summed E-state index contributed by atoms with van der Waals surface area (Å²) < 4.78 is 29.1. The first kappa shape index (κ1) is 21.9. The Morgan fingerprint density at radius 3 is 2.53 bits per heavy atom. The minimum atomic E-state index is -0.709. The summed E-state index contributed by atoms with van der Waals surface area (Å²) in [5.41, 5.74) is 4.11. The normalized spacial score (nSPS) is 15.5. The molecule has 9 heteroatoms. The molecule has 7 nitrogen and oxygen atoms in total. The average molecular weight is 461 g/mol. The van der Waals surface area contributed by atoms with Crippen LogP contribution in [0.5, 0.6) is 0 Å². The highest BCUT2D eigenvalue weighted by molar-refractivity contribution is 5.94. The molecule has 0 aliphatic carbocycles. The fraction of sp³-hybridized carbons (Fsp3) is 0.160. The van der Waals surface area contributed by atoms with Crippen LogP contribution in [0, 0.1) is 11.6 Å². The van der Waals surface area contributed by atoms with E-state index in [2.05, 4.69) is 15.6 Å². The van der Waals surface area contributed by atoms with E-state index in [1.807, 2.05) is 30.3 Å². The topological polar surface area (TPSA) is 83.3 Å². The smallest absolute Gasteiger partial charge is 0.249 e. The first-order valence-corrected chi connectivity index (χ1v) is 10.7. The Balaban J connectivity index is 1.46. The second-order valence-corrected chi connectivity index (χ2v) is 8.06. The van der Waals surface area contributed by atoms with Crippen molar-refractivity contribution >= 4 is 28.2 Å². The molecule has 0 radical (unpaired) electrons. The molecule has 0 bridgehead atoms. The van der Waals surface area contributed by atoms with Crippen LogP contribution in [0.4, 0.5) is 14.5 Å². The third kappa shape index (κ3) is 4.57.